The Morgan fingerprint density at radius 2 is 2.18 bits per heavy atom. The minimum Gasteiger partial charge on any atom is -0.508 e. The fraction of sp³-hybridized carbons (Fsp3) is 0.125. The molecule has 58 valence electrons. The number of carbonyl (C=O) groups is 1. The van der Waals surface area contributed by atoms with Crippen LogP contribution in [-0.2, 0) is 0 Å². The minimum atomic E-state index is -0.692. The molecular formula is C8H7FO2. The summed E-state index contributed by atoms with van der Waals surface area (Å²) >= 11 is 0. The maximum atomic E-state index is 12.6. The summed E-state index contributed by atoms with van der Waals surface area (Å²) in [5, 5.41) is 8.96. The molecule has 0 fully saturated rings. The molecule has 0 heterocycles. The molecule has 1 aromatic rings. The third-order valence-corrected chi connectivity index (χ3v) is 1.44. The molecule has 0 saturated carbocycles. The first-order valence-electron chi connectivity index (χ1n) is 3.09. The van der Waals surface area contributed by atoms with Crippen molar-refractivity contribution in [2.24, 2.45) is 0 Å². The van der Waals surface area contributed by atoms with Gasteiger partial charge in [-0.3, -0.25) is 4.79 Å². The highest BCUT2D eigenvalue weighted by Crippen LogP contribution is 2.19. The SMILES string of the molecule is Cc1cc(C=O)c(F)cc1O. The second-order valence-corrected chi connectivity index (χ2v) is 2.28. The van der Waals surface area contributed by atoms with E-state index in [9.17, 15) is 9.18 Å². The van der Waals surface area contributed by atoms with Crippen LogP contribution in [0.4, 0.5) is 4.39 Å². The van der Waals surface area contributed by atoms with E-state index < -0.39 is 5.82 Å². The summed E-state index contributed by atoms with van der Waals surface area (Å²) in [6.07, 6.45) is 0.418. The van der Waals surface area contributed by atoms with Crippen molar-refractivity contribution in [1.29, 1.82) is 0 Å². The lowest BCUT2D eigenvalue weighted by Gasteiger charge is -1.99. The highest BCUT2D eigenvalue weighted by atomic mass is 19.1. The van der Waals surface area contributed by atoms with Crippen LogP contribution in [0.2, 0.25) is 0 Å². The summed E-state index contributed by atoms with van der Waals surface area (Å²) in [6.45, 7) is 1.60. The van der Waals surface area contributed by atoms with E-state index in [1.165, 1.54) is 6.07 Å². The molecule has 0 unspecified atom stereocenters. The number of phenolic OH excluding ortho intramolecular Hbond substituents is 1. The fourth-order valence-corrected chi connectivity index (χ4v) is 0.784. The van der Waals surface area contributed by atoms with Gasteiger partial charge in [0.25, 0.3) is 0 Å². The Hall–Kier alpha value is -1.38. The van der Waals surface area contributed by atoms with Crippen molar-refractivity contribution in [1.82, 2.24) is 0 Å². The zero-order valence-corrected chi connectivity index (χ0v) is 5.97. The van der Waals surface area contributed by atoms with Crippen LogP contribution in [0, 0.1) is 12.7 Å². The topological polar surface area (TPSA) is 37.3 Å². The lowest BCUT2D eigenvalue weighted by molar-refractivity contribution is 0.111. The van der Waals surface area contributed by atoms with Crippen LogP contribution in [0.3, 0.4) is 0 Å². The third-order valence-electron chi connectivity index (χ3n) is 1.44. The van der Waals surface area contributed by atoms with Crippen molar-refractivity contribution in [2.75, 3.05) is 0 Å². The van der Waals surface area contributed by atoms with Crippen molar-refractivity contribution in [3.63, 3.8) is 0 Å². The predicted octanol–water partition coefficient (Wildman–Crippen LogP) is 1.65. The summed E-state index contributed by atoms with van der Waals surface area (Å²) < 4.78 is 12.6. The highest BCUT2D eigenvalue weighted by molar-refractivity contribution is 5.76. The molecule has 0 spiro atoms. The quantitative estimate of drug-likeness (QED) is 0.624. The van der Waals surface area contributed by atoms with E-state index in [-0.39, 0.29) is 11.3 Å². The number of aromatic hydroxyl groups is 1. The number of rotatable bonds is 1. The van der Waals surface area contributed by atoms with E-state index in [2.05, 4.69) is 0 Å². The van der Waals surface area contributed by atoms with Crippen LogP contribution >= 0.6 is 0 Å². The normalized spacial score (nSPS) is 9.64. The molecule has 0 aliphatic rings. The van der Waals surface area contributed by atoms with Gasteiger partial charge in [0.1, 0.15) is 11.6 Å². The van der Waals surface area contributed by atoms with Crippen LogP contribution in [0.1, 0.15) is 15.9 Å². The van der Waals surface area contributed by atoms with Crippen LogP contribution in [0.25, 0.3) is 0 Å². The lowest BCUT2D eigenvalue weighted by Crippen LogP contribution is -1.88. The lowest BCUT2D eigenvalue weighted by atomic mass is 10.1. The zero-order chi connectivity index (χ0) is 8.43. The molecule has 1 aromatic carbocycles. The smallest absolute Gasteiger partial charge is 0.153 e. The number of carbonyl (C=O) groups excluding carboxylic acids is 1. The monoisotopic (exact) mass is 154 g/mol. The number of benzene rings is 1. The molecule has 0 bridgehead atoms. The van der Waals surface area contributed by atoms with Gasteiger partial charge < -0.3 is 5.11 Å². The largest absolute Gasteiger partial charge is 0.508 e. The number of aldehydes is 1. The second kappa shape index (κ2) is 2.70. The van der Waals surface area contributed by atoms with Gasteiger partial charge in [-0.2, -0.15) is 0 Å². The fourth-order valence-electron chi connectivity index (χ4n) is 0.784. The van der Waals surface area contributed by atoms with Crippen molar-refractivity contribution in [3.05, 3.63) is 29.1 Å². The number of phenols is 1. The predicted molar refractivity (Wildman–Crippen MR) is 38.2 cm³/mol. The molecule has 1 rings (SSSR count). The standard InChI is InChI=1S/C8H7FO2/c1-5-2-6(4-10)7(9)3-8(5)11/h2-4,11H,1H3. The van der Waals surface area contributed by atoms with Gasteiger partial charge in [0, 0.05) is 6.07 Å². The number of hydrogen-bond donors (Lipinski definition) is 1. The minimum absolute atomic E-state index is 0.0275. The van der Waals surface area contributed by atoms with Gasteiger partial charge in [0.15, 0.2) is 6.29 Å². The summed E-state index contributed by atoms with van der Waals surface area (Å²) in [7, 11) is 0. The van der Waals surface area contributed by atoms with Crippen LogP contribution in [-0.4, -0.2) is 11.4 Å². The summed E-state index contributed by atoms with van der Waals surface area (Å²) in [5.41, 5.74) is 0.466. The van der Waals surface area contributed by atoms with Gasteiger partial charge >= 0.3 is 0 Å². The van der Waals surface area contributed by atoms with Gasteiger partial charge in [0.2, 0.25) is 0 Å². The Labute approximate surface area is 63.3 Å². The first kappa shape index (κ1) is 7.72. The Balaban J connectivity index is 3.31. The van der Waals surface area contributed by atoms with E-state index in [0.717, 1.165) is 6.07 Å². The Morgan fingerprint density at radius 3 is 2.73 bits per heavy atom. The van der Waals surface area contributed by atoms with Crippen LogP contribution in [0.15, 0.2) is 12.1 Å². The Bertz CT molecular complexity index is 294. The molecule has 11 heavy (non-hydrogen) atoms. The van der Waals surface area contributed by atoms with Crippen molar-refractivity contribution < 1.29 is 14.3 Å². The van der Waals surface area contributed by atoms with Crippen molar-refractivity contribution in [3.8, 4) is 5.75 Å². The van der Waals surface area contributed by atoms with Gasteiger partial charge in [0.05, 0.1) is 5.56 Å². The molecule has 0 saturated heterocycles. The number of aryl methyl sites for hydroxylation is 1. The van der Waals surface area contributed by atoms with Crippen LogP contribution in [0.5, 0.6) is 5.75 Å². The first-order valence-corrected chi connectivity index (χ1v) is 3.09. The number of halogens is 1. The highest BCUT2D eigenvalue weighted by Gasteiger charge is 2.04. The molecular weight excluding hydrogens is 147 g/mol. The van der Waals surface area contributed by atoms with E-state index in [0.29, 0.717) is 11.8 Å². The third kappa shape index (κ3) is 1.37. The maximum Gasteiger partial charge on any atom is 0.153 e. The van der Waals surface area contributed by atoms with Crippen LogP contribution < -0.4 is 0 Å². The summed E-state index contributed by atoms with van der Waals surface area (Å²) in [6, 6.07) is 2.23. The first-order chi connectivity index (χ1) is 5.15. The number of hydrogen-bond acceptors (Lipinski definition) is 2. The summed E-state index contributed by atoms with van der Waals surface area (Å²) in [5.74, 6) is -0.823. The van der Waals surface area contributed by atoms with E-state index in [4.69, 9.17) is 5.11 Å². The molecule has 0 aliphatic heterocycles. The van der Waals surface area contributed by atoms with Crippen molar-refractivity contribution in [2.45, 2.75) is 6.92 Å². The van der Waals surface area contributed by atoms with E-state index in [1.807, 2.05) is 0 Å². The van der Waals surface area contributed by atoms with Crippen molar-refractivity contribution >= 4 is 6.29 Å². The average molecular weight is 154 g/mol. The van der Waals surface area contributed by atoms with Gasteiger partial charge in [-0.05, 0) is 18.6 Å². The average Bonchev–Trinajstić information content (AvgIpc) is 1.97. The summed E-state index contributed by atoms with van der Waals surface area (Å²) in [4.78, 5) is 10.2. The molecule has 0 radical (unpaired) electrons. The molecule has 3 heteroatoms. The van der Waals surface area contributed by atoms with Gasteiger partial charge in [-0.15, -0.1) is 0 Å². The van der Waals surface area contributed by atoms with Gasteiger partial charge in [-0.25, -0.2) is 4.39 Å². The zero-order valence-electron chi connectivity index (χ0n) is 5.97. The Morgan fingerprint density at radius 1 is 1.55 bits per heavy atom. The molecule has 0 atom stereocenters. The molecule has 0 amide bonds. The van der Waals surface area contributed by atoms with E-state index in [1.54, 1.807) is 6.92 Å². The molecule has 1 N–H and O–H groups in total. The molecule has 0 aromatic heterocycles. The molecule has 2 nitrogen and oxygen atoms in total. The second-order valence-electron chi connectivity index (χ2n) is 2.28. The molecule has 0 aliphatic carbocycles. The van der Waals surface area contributed by atoms with Gasteiger partial charge in [-0.1, -0.05) is 0 Å². The Kier molecular flexibility index (Phi) is 1.89. The maximum absolute atomic E-state index is 12.6. The van der Waals surface area contributed by atoms with E-state index >= 15 is 0 Å².